The van der Waals surface area contributed by atoms with Crippen LogP contribution in [0.4, 0.5) is 4.39 Å². The number of rotatable bonds is 1. The number of ketones is 1. The summed E-state index contributed by atoms with van der Waals surface area (Å²) in [5.74, 6) is -1.23. The molecule has 0 aliphatic heterocycles. The molecule has 0 radical (unpaired) electrons. The van der Waals surface area contributed by atoms with Crippen molar-refractivity contribution in [3.63, 3.8) is 0 Å². The number of nitrogens with zero attached hydrogens (tertiary/aromatic N) is 1. The van der Waals surface area contributed by atoms with Crippen LogP contribution in [-0.2, 0) is 0 Å². The maximum absolute atomic E-state index is 13.1. The van der Waals surface area contributed by atoms with Gasteiger partial charge in [0, 0.05) is 5.02 Å². The minimum atomic E-state index is -0.753. The Morgan fingerprint density at radius 1 is 1.62 bits per heavy atom. The van der Waals surface area contributed by atoms with Gasteiger partial charge < -0.3 is 0 Å². The van der Waals surface area contributed by atoms with E-state index in [1.807, 2.05) is 0 Å². The lowest BCUT2D eigenvalue weighted by atomic mass is 10.0. The van der Waals surface area contributed by atoms with Crippen LogP contribution < -0.4 is 0 Å². The van der Waals surface area contributed by atoms with Gasteiger partial charge in [-0.25, -0.2) is 4.39 Å². The van der Waals surface area contributed by atoms with Gasteiger partial charge in [-0.05, 0) is 19.1 Å². The molecule has 4 heteroatoms. The summed E-state index contributed by atoms with van der Waals surface area (Å²) in [6.45, 7) is 1.20. The fourth-order valence-electron chi connectivity index (χ4n) is 1.02. The molecule has 13 heavy (non-hydrogen) atoms. The monoisotopic (exact) mass is 197 g/mol. The fourth-order valence-corrected chi connectivity index (χ4v) is 1.22. The quantitative estimate of drug-likeness (QED) is 0.650. The number of carbonyl (C=O) groups is 1. The van der Waals surface area contributed by atoms with Gasteiger partial charge in [0.15, 0.2) is 5.78 Å². The summed E-state index contributed by atoms with van der Waals surface area (Å²) in [5, 5.41) is 8.70. The highest BCUT2D eigenvalue weighted by Crippen LogP contribution is 2.19. The molecule has 0 amide bonds. The van der Waals surface area contributed by atoms with Crippen LogP contribution in [-0.4, -0.2) is 5.78 Å². The molecule has 0 aliphatic rings. The van der Waals surface area contributed by atoms with E-state index in [9.17, 15) is 9.18 Å². The number of hydrogen-bond donors (Lipinski definition) is 0. The zero-order chi connectivity index (χ0) is 10.0. The molecule has 0 aliphatic carbocycles. The lowest BCUT2D eigenvalue weighted by Gasteiger charge is -2.01. The molecule has 0 aromatic heterocycles. The summed E-state index contributed by atoms with van der Waals surface area (Å²) in [7, 11) is 0. The van der Waals surface area contributed by atoms with Gasteiger partial charge >= 0.3 is 0 Å². The van der Waals surface area contributed by atoms with Gasteiger partial charge in [-0.2, -0.15) is 5.26 Å². The van der Waals surface area contributed by atoms with E-state index in [0.29, 0.717) is 0 Å². The minimum Gasteiger partial charge on any atom is -0.294 e. The van der Waals surface area contributed by atoms with Crippen LogP contribution >= 0.6 is 11.6 Å². The minimum absolute atomic E-state index is 0.0301. The van der Waals surface area contributed by atoms with Crippen LogP contribution in [0.3, 0.4) is 0 Å². The second-order valence-corrected chi connectivity index (χ2v) is 2.91. The molecule has 0 bridgehead atoms. The average Bonchev–Trinajstić information content (AvgIpc) is 2.01. The van der Waals surface area contributed by atoms with E-state index in [2.05, 4.69) is 0 Å². The van der Waals surface area contributed by atoms with Crippen molar-refractivity contribution < 1.29 is 9.18 Å². The summed E-state index contributed by atoms with van der Waals surface area (Å²) in [4.78, 5) is 10.9. The Morgan fingerprint density at radius 2 is 2.23 bits per heavy atom. The molecule has 0 fully saturated rings. The predicted octanol–water partition coefficient (Wildman–Crippen LogP) is 2.55. The zero-order valence-electron chi connectivity index (χ0n) is 6.77. The van der Waals surface area contributed by atoms with E-state index in [4.69, 9.17) is 16.9 Å². The maximum Gasteiger partial charge on any atom is 0.164 e. The lowest BCUT2D eigenvalue weighted by Crippen LogP contribution is -2.01. The van der Waals surface area contributed by atoms with Crippen LogP contribution in [0.5, 0.6) is 0 Å². The molecule has 2 nitrogen and oxygen atoms in total. The van der Waals surface area contributed by atoms with E-state index in [-0.39, 0.29) is 16.1 Å². The van der Waals surface area contributed by atoms with E-state index in [1.54, 1.807) is 6.07 Å². The molecule has 0 saturated heterocycles. The normalized spacial score (nSPS) is 9.38. The Morgan fingerprint density at radius 3 is 2.69 bits per heavy atom. The van der Waals surface area contributed by atoms with E-state index in [0.717, 1.165) is 6.07 Å². The third-order valence-electron chi connectivity index (χ3n) is 1.53. The Labute approximate surface area is 79.5 Å². The summed E-state index contributed by atoms with van der Waals surface area (Å²) >= 11 is 5.50. The Bertz CT molecular complexity index is 409. The smallest absolute Gasteiger partial charge is 0.164 e. The highest BCUT2D eigenvalue weighted by atomic mass is 35.5. The van der Waals surface area contributed by atoms with Gasteiger partial charge in [-0.15, -0.1) is 0 Å². The van der Waals surface area contributed by atoms with Crippen molar-refractivity contribution in [2.75, 3.05) is 0 Å². The standard InChI is InChI=1S/C9H5ClFNO/c1-5(13)9-6(4-12)2-7(10)3-8(9)11/h2-3H,1H3. The van der Waals surface area contributed by atoms with Crippen molar-refractivity contribution >= 4 is 17.4 Å². The van der Waals surface area contributed by atoms with Gasteiger partial charge in [0.2, 0.25) is 0 Å². The number of Topliss-reactive ketones (excluding diaryl/α,β-unsaturated/α-hetero) is 1. The van der Waals surface area contributed by atoms with Gasteiger partial charge in [0.05, 0.1) is 11.1 Å². The number of hydrogen-bond acceptors (Lipinski definition) is 2. The molecule has 0 saturated carbocycles. The zero-order valence-corrected chi connectivity index (χ0v) is 7.52. The third-order valence-corrected chi connectivity index (χ3v) is 1.75. The van der Waals surface area contributed by atoms with E-state index in [1.165, 1.54) is 13.0 Å². The number of halogens is 2. The van der Waals surface area contributed by atoms with Crippen molar-refractivity contribution in [1.29, 1.82) is 5.26 Å². The SMILES string of the molecule is CC(=O)c1c(F)cc(Cl)cc1C#N. The number of nitriles is 1. The van der Waals surface area contributed by atoms with Crippen LogP contribution in [0.2, 0.25) is 5.02 Å². The summed E-state index contributed by atoms with van der Waals surface area (Å²) in [5.41, 5.74) is -0.232. The first-order valence-corrected chi connectivity index (χ1v) is 3.84. The second kappa shape index (κ2) is 3.55. The van der Waals surface area contributed by atoms with Gasteiger partial charge in [0.1, 0.15) is 11.9 Å². The fraction of sp³-hybridized carbons (Fsp3) is 0.111. The first-order valence-electron chi connectivity index (χ1n) is 3.46. The third kappa shape index (κ3) is 1.85. The number of benzene rings is 1. The van der Waals surface area contributed by atoms with Crippen molar-refractivity contribution in [2.24, 2.45) is 0 Å². The van der Waals surface area contributed by atoms with Crippen molar-refractivity contribution in [1.82, 2.24) is 0 Å². The van der Waals surface area contributed by atoms with Crippen LogP contribution in [0.15, 0.2) is 12.1 Å². The summed E-state index contributed by atoms with van der Waals surface area (Å²) < 4.78 is 13.1. The first kappa shape index (κ1) is 9.69. The van der Waals surface area contributed by atoms with E-state index >= 15 is 0 Å². The molecular formula is C9H5ClFNO. The molecule has 0 heterocycles. The van der Waals surface area contributed by atoms with Crippen LogP contribution in [0.1, 0.15) is 22.8 Å². The summed E-state index contributed by atoms with van der Waals surface area (Å²) in [6, 6.07) is 3.99. The van der Waals surface area contributed by atoms with Crippen LogP contribution in [0.25, 0.3) is 0 Å². The molecule has 1 rings (SSSR count). The van der Waals surface area contributed by atoms with Gasteiger partial charge in [0.25, 0.3) is 0 Å². The topological polar surface area (TPSA) is 40.9 Å². The summed E-state index contributed by atoms with van der Waals surface area (Å²) in [6.07, 6.45) is 0. The van der Waals surface area contributed by atoms with Gasteiger partial charge in [-0.3, -0.25) is 4.79 Å². The molecule has 0 N–H and O–H groups in total. The molecule has 66 valence electrons. The highest BCUT2D eigenvalue weighted by molar-refractivity contribution is 6.30. The van der Waals surface area contributed by atoms with Crippen molar-refractivity contribution in [3.8, 4) is 6.07 Å². The van der Waals surface area contributed by atoms with Gasteiger partial charge in [-0.1, -0.05) is 11.6 Å². The molecule has 0 spiro atoms. The van der Waals surface area contributed by atoms with Crippen molar-refractivity contribution in [2.45, 2.75) is 6.92 Å². The van der Waals surface area contributed by atoms with Crippen molar-refractivity contribution in [3.05, 3.63) is 34.1 Å². The first-order chi connectivity index (χ1) is 6.06. The second-order valence-electron chi connectivity index (χ2n) is 2.48. The number of carbonyl (C=O) groups excluding carboxylic acids is 1. The maximum atomic E-state index is 13.1. The largest absolute Gasteiger partial charge is 0.294 e. The Hall–Kier alpha value is -1.40. The average molecular weight is 198 g/mol. The molecular weight excluding hydrogens is 193 g/mol. The lowest BCUT2D eigenvalue weighted by molar-refractivity contribution is 0.101. The predicted molar refractivity (Wildman–Crippen MR) is 46.1 cm³/mol. The Balaban J connectivity index is 3.50. The molecule has 0 atom stereocenters. The Kier molecular flexibility index (Phi) is 2.64. The van der Waals surface area contributed by atoms with Crippen LogP contribution in [0, 0.1) is 17.1 Å². The van der Waals surface area contributed by atoms with E-state index < -0.39 is 11.6 Å². The molecule has 0 unspecified atom stereocenters. The highest BCUT2D eigenvalue weighted by Gasteiger charge is 2.13. The molecule has 1 aromatic carbocycles. The molecule has 1 aromatic rings.